The molecule has 0 saturated carbocycles. The predicted octanol–water partition coefficient (Wildman–Crippen LogP) is 10.5. The quantitative estimate of drug-likeness (QED) is 0.211. The lowest BCUT2D eigenvalue weighted by atomic mass is 9.95. The summed E-state index contributed by atoms with van der Waals surface area (Å²) in [6, 6.07) is 44.7. The highest BCUT2D eigenvalue weighted by atomic mass is 32.2. The minimum atomic E-state index is 0.666. The number of thiophene rings is 1. The van der Waals surface area contributed by atoms with E-state index in [1.165, 1.54) is 51.9 Å². The third kappa shape index (κ3) is 3.71. The van der Waals surface area contributed by atoms with Gasteiger partial charge in [0.05, 0.1) is 0 Å². The van der Waals surface area contributed by atoms with E-state index in [1.54, 1.807) is 0 Å². The van der Waals surface area contributed by atoms with Crippen LogP contribution in [0.3, 0.4) is 0 Å². The summed E-state index contributed by atoms with van der Waals surface area (Å²) >= 11 is 3.78. The number of hydrogen-bond acceptors (Lipinski definition) is 5. The molecule has 0 atom stereocenters. The van der Waals surface area contributed by atoms with Crippen LogP contribution in [0.2, 0.25) is 0 Å². The normalized spacial score (nSPS) is 12.2. The third-order valence-corrected chi connectivity index (χ3v) is 10.2. The van der Waals surface area contributed by atoms with Crippen molar-refractivity contribution in [3.63, 3.8) is 0 Å². The summed E-state index contributed by atoms with van der Waals surface area (Å²) in [5.74, 6) is 2.01. The minimum Gasteiger partial charge on any atom is -0.208 e. The van der Waals surface area contributed by atoms with Gasteiger partial charge in [0.25, 0.3) is 0 Å². The van der Waals surface area contributed by atoms with E-state index in [4.69, 9.17) is 15.0 Å². The monoisotopic (exact) mass is 571 g/mol. The van der Waals surface area contributed by atoms with Crippen molar-refractivity contribution in [1.82, 2.24) is 15.0 Å². The van der Waals surface area contributed by atoms with Gasteiger partial charge in [0.2, 0.25) is 0 Å². The van der Waals surface area contributed by atoms with Gasteiger partial charge in [-0.05, 0) is 40.8 Å². The van der Waals surface area contributed by atoms with Crippen molar-refractivity contribution in [3.8, 4) is 45.3 Å². The SMILES string of the molecule is c1ccc(-c2nc(-c3ccccc3)nc(-c3ccc(-c4ccc5c6c4ccc4sc7cccc(c7c46)S5)cc3)n2)cc1. The third-order valence-electron chi connectivity index (χ3n) is 7.94. The number of hydrogen-bond donors (Lipinski definition) is 0. The maximum atomic E-state index is 4.90. The van der Waals surface area contributed by atoms with E-state index >= 15 is 0 Å². The van der Waals surface area contributed by atoms with E-state index in [-0.39, 0.29) is 0 Å². The van der Waals surface area contributed by atoms with Crippen LogP contribution in [0.4, 0.5) is 0 Å². The Morgan fingerprint density at radius 1 is 0.381 bits per heavy atom. The lowest BCUT2D eigenvalue weighted by Gasteiger charge is -2.17. The molecule has 1 aliphatic heterocycles. The average molecular weight is 572 g/mol. The van der Waals surface area contributed by atoms with Crippen molar-refractivity contribution in [2.24, 2.45) is 0 Å². The highest BCUT2D eigenvalue weighted by molar-refractivity contribution is 8.00. The summed E-state index contributed by atoms with van der Waals surface area (Å²) in [7, 11) is 0. The van der Waals surface area contributed by atoms with Gasteiger partial charge in [-0.3, -0.25) is 0 Å². The minimum absolute atomic E-state index is 0.666. The zero-order valence-corrected chi connectivity index (χ0v) is 23.9. The van der Waals surface area contributed by atoms with E-state index in [9.17, 15) is 0 Å². The maximum Gasteiger partial charge on any atom is 0.164 e. The Hall–Kier alpha value is -4.84. The molecule has 5 heteroatoms. The first-order valence-corrected chi connectivity index (χ1v) is 15.5. The van der Waals surface area contributed by atoms with Crippen LogP contribution in [0.15, 0.2) is 137 Å². The van der Waals surface area contributed by atoms with Gasteiger partial charge < -0.3 is 0 Å². The van der Waals surface area contributed by atoms with Crippen molar-refractivity contribution in [2.45, 2.75) is 9.79 Å². The topological polar surface area (TPSA) is 38.7 Å². The van der Waals surface area contributed by atoms with Gasteiger partial charge in [-0.25, -0.2) is 15.0 Å². The first-order chi connectivity index (χ1) is 20.8. The number of benzene rings is 6. The molecule has 0 aliphatic carbocycles. The maximum absolute atomic E-state index is 4.90. The van der Waals surface area contributed by atoms with Crippen LogP contribution in [0.25, 0.3) is 76.2 Å². The van der Waals surface area contributed by atoms with Crippen molar-refractivity contribution >= 4 is 54.0 Å². The lowest BCUT2D eigenvalue weighted by molar-refractivity contribution is 1.07. The van der Waals surface area contributed by atoms with Gasteiger partial charge in [-0.15, -0.1) is 11.3 Å². The Morgan fingerprint density at radius 3 is 1.62 bits per heavy atom. The van der Waals surface area contributed by atoms with Crippen molar-refractivity contribution in [3.05, 3.63) is 127 Å². The summed E-state index contributed by atoms with van der Waals surface area (Å²) < 4.78 is 2.72. The summed E-state index contributed by atoms with van der Waals surface area (Å²) in [5.41, 5.74) is 5.32. The lowest BCUT2D eigenvalue weighted by Crippen LogP contribution is -2.00. The molecule has 2 aromatic heterocycles. The Balaban J connectivity index is 1.18. The van der Waals surface area contributed by atoms with Crippen LogP contribution >= 0.6 is 23.1 Å². The van der Waals surface area contributed by atoms with Gasteiger partial charge >= 0.3 is 0 Å². The Bertz CT molecular complexity index is 2250. The molecule has 1 aliphatic rings. The first kappa shape index (κ1) is 23.8. The molecule has 3 nitrogen and oxygen atoms in total. The van der Waals surface area contributed by atoms with E-state index in [1.807, 2.05) is 83.8 Å². The molecule has 0 fully saturated rings. The van der Waals surface area contributed by atoms with E-state index in [0.29, 0.717) is 17.5 Å². The molecule has 42 heavy (non-hydrogen) atoms. The fourth-order valence-corrected chi connectivity index (χ4v) is 8.32. The largest absolute Gasteiger partial charge is 0.208 e. The molecule has 0 radical (unpaired) electrons. The molecule has 6 aromatic carbocycles. The zero-order valence-electron chi connectivity index (χ0n) is 22.3. The standard InChI is InChI=1S/C37H21N3S2/c1-3-8-23(9-4-1)35-38-36(24-10-5-2-6-11-24)40-37(39-35)25-16-14-22(15-17-25)26-18-20-30-32-27(26)19-21-31-34(32)33-28(41-30)12-7-13-29(33)42-31/h1-21H. The van der Waals surface area contributed by atoms with Crippen molar-refractivity contribution < 1.29 is 0 Å². The molecular formula is C37H21N3S2. The van der Waals surface area contributed by atoms with E-state index in [0.717, 1.165) is 16.7 Å². The second-order valence-corrected chi connectivity index (χ2v) is 12.6. The first-order valence-electron chi connectivity index (χ1n) is 13.9. The van der Waals surface area contributed by atoms with Crippen LogP contribution in [-0.2, 0) is 0 Å². The van der Waals surface area contributed by atoms with Crippen molar-refractivity contribution in [2.75, 3.05) is 0 Å². The zero-order chi connectivity index (χ0) is 27.6. The molecule has 9 rings (SSSR count). The second-order valence-electron chi connectivity index (χ2n) is 10.4. The Labute approximate surface area is 250 Å². The molecule has 0 bridgehead atoms. The summed E-state index contributed by atoms with van der Waals surface area (Å²) in [5, 5.41) is 5.49. The molecule has 0 unspecified atom stereocenters. The van der Waals surface area contributed by atoms with Gasteiger partial charge in [-0.1, -0.05) is 115 Å². The Kier molecular flexibility index (Phi) is 5.30. The number of nitrogens with zero attached hydrogens (tertiary/aromatic N) is 3. The number of aromatic nitrogens is 3. The fraction of sp³-hybridized carbons (Fsp3) is 0. The van der Waals surface area contributed by atoms with Crippen LogP contribution in [0.5, 0.6) is 0 Å². The fourth-order valence-electron chi connectivity index (χ4n) is 5.97. The summed E-state index contributed by atoms with van der Waals surface area (Å²) in [6.45, 7) is 0. The molecule has 0 spiro atoms. The van der Waals surface area contributed by atoms with Gasteiger partial charge in [0.15, 0.2) is 17.5 Å². The molecular weight excluding hydrogens is 551 g/mol. The van der Waals surface area contributed by atoms with Gasteiger partial charge in [0.1, 0.15) is 0 Å². The molecule has 196 valence electrons. The second kappa shape index (κ2) is 9.35. The number of rotatable bonds is 4. The smallest absolute Gasteiger partial charge is 0.164 e. The summed E-state index contributed by atoms with van der Waals surface area (Å²) in [6.07, 6.45) is 0. The highest BCUT2D eigenvalue weighted by Gasteiger charge is 2.22. The van der Waals surface area contributed by atoms with Gasteiger partial charge in [-0.2, -0.15) is 0 Å². The molecule has 3 heterocycles. The van der Waals surface area contributed by atoms with E-state index < -0.39 is 0 Å². The molecule has 8 aromatic rings. The predicted molar refractivity (Wildman–Crippen MR) is 176 cm³/mol. The Morgan fingerprint density at radius 2 is 0.952 bits per heavy atom. The van der Waals surface area contributed by atoms with Crippen LogP contribution in [0.1, 0.15) is 0 Å². The molecule has 0 amide bonds. The van der Waals surface area contributed by atoms with Crippen LogP contribution in [0, 0.1) is 0 Å². The summed E-state index contributed by atoms with van der Waals surface area (Å²) in [4.78, 5) is 17.3. The highest BCUT2D eigenvalue weighted by Crippen LogP contribution is 2.52. The average Bonchev–Trinajstić information content (AvgIpc) is 3.46. The van der Waals surface area contributed by atoms with Crippen molar-refractivity contribution in [1.29, 1.82) is 0 Å². The molecule has 0 N–H and O–H groups in total. The van der Waals surface area contributed by atoms with E-state index in [2.05, 4.69) is 66.7 Å². The van der Waals surface area contributed by atoms with Gasteiger partial charge in [0, 0.05) is 52.0 Å². The van der Waals surface area contributed by atoms with Crippen LogP contribution < -0.4 is 0 Å². The molecule has 0 saturated heterocycles. The van der Waals surface area contributed by atoms with Crippen LogP contribution in [-0.4, -0.2) is 15.0 Å².